The third-order valence-electron chi connectivity index (χ3n) is 2.56. The first-order valence-corrected chi connectivity index (χ1v) is 6.58. The Morgan fingerprint density at radius 2 is 2.00 bits per heavy atom. The van der Waals surface area contributed by atoms with Crippen molar-refractivity contribution in [1.82, 2.24) is 5.32 Å². The van der Waals surface area contributed by atoms with E-state index in [-0.39, 0.29) is 18.3 Å². The number of rotatable bonds is 9. The standard InChI is InChI=1S/C13H25NO4/c1-4-5-6-18-12(15)8-11(7-10(2)3)9-14-13(16)17/h10-11,14H,4-9H2,1-3H3,(H,16,17)/t11-/m0/s1. The minimum atomic E-state index is -1.05. The highest BCUT2D eigenvalue weighted by atomic mass is 16.5. The minimum Gasteiger partial charge on any atom is -0.466 e. The van der Waals surface area contributed by atoms with Gasteiger partial charge >= 0.3 is 12.1 Å². The van der Waals surface area contributed by atoms with Crippen molar-refractivity contribution in [1.29, 1.82) is 0 Å². The Labute approximate surface area is 109 Å². The van der Waals surface area contributed by atoms with Gasteiger partial charge in [0.25, 0.3) is 0 Å². The van der Waals surface area contributed by atoms with Crippen LogP contribution in [0.4, 0.5) is 4.79 Å². The maximum absolute atomic E-state index is 11.6. The fourth-order valence-corrected chi connectivity index (χ4v) is 1.76. The summed E-state index contributed by atoms with van der Waals surface area (Å²) in [4.78, 5) is 22.0. The van der Waals surface area contributed by atoms with Crippen LogP contribution in [0.5, 0.6) is 0 Å². The molecule has 0 aromatic rings. The molecule has 106 valence electrons. The van der Waals surface area contributed by atoms with Crippen molar-refractivity contribution < 1.29 is 19.4 Å². The molecule has 0 saturated carbocycles. The van der Waals surface area contributed by atoms with Crippen LogP contribution in [0.1, 0.15) is 46.5 Å². The lowest BCUT2D eigenvalue weighted by Gasteiger charge is -2.18. The number of nitrogens with one attached hydrogen (secondary N) is 1. The van der Waals surface area contributed by atoms with Crippen molar-refractivity contribution in [3.63, 3.8) is 0 Å². The maximum Gasteiger partial charge on any atom is 0.404 e. The van der Waals surface area contributed by atoms with Crippen LogP contribution < -0.4 is 5.32 Å². The van der Waals surface area contributed by atoms with Crippen LogP contribution in [0.15, 0.2) is 0 Å². The average molecular weight is 259 g/mol. The highest BCUT2D eigenvalue weighted by Gasteiger charge is 2.17. The lowest BCUT2D eigenvalue weighted by Crippen LogP contribution is -2.30. The molecule has 0 aromatic carbocycles. The highest BCUT2D eigenvalue weighted by Crippen LogP contribution is 2.15. The number of hydrogen-bond acceptors (Lipinski definition) is 3. The second-order valence-corrected chi connectivity index (χ2v) is 4.96. The maximum atomic E-state index is 11.6. The molecule has 18 heavy (non-hydrogen) atoms. The quantitative estimate of drug-likeness (QED) is 0.493. The molecule has 0 aliphatic rings. The summed E-state index contributed by atoms with van der Waals surface area (Å²) in [6, 6.07) is 0. The molecule has 0 unspecified atom stereocenters. The molecule has 0 saturated heterocycles. The molecule has 1 atom stereocenters. The topological polar surface area (TPSA) is 75.6 Å². The van der Waals surface area contributed by atoms with Gasteiger partial charge in [0.15, 0.2) is 0 Å². The van der Waals surface area contributed by atoms with Crippen molar-refractivity contribution in [3.8, 4) is 0 Å². The number of carboxylic acid groups (broad SMARTS) is 1. The zero-order valence-corrected chi connectivity index (χ0v) is 11.6. The molecular formula is C13H25NO4. The fraction of sp³-hybridized carbons (Fsp3) is 0.846. The molecule has 0 heterocycles. The Bertz CT molecular complexity index is 253. The molecule has 5 nitrogen and oxygen atoms in total. The van der Waals surface area contributed by atoms with Gasteiger partial charge in [-0.3, -0.25) is 4.79 Å². The Kier molecular flexibility index (Phi) is 9.06. The summed E-state index contributed by atoms with van der Waals surface area (Å²) in [5.74, 6) is 0.200. The van der Waals surface area contributed by atoms with Gasteiger partial charge < -0.3 is 15.2 Å². The van der Waals surface area contributed by atoms with Crippen molar-refractivity contribution in [3.05, 3.63) is 0 Å². The summed E-state index contributed by atoms with van der Waals surface area (Å²) >= 11 is 0. The number of ether oxygens (including phenoxy) is 1. The Morgan fingerprint density at radius 3 is 2.50 bits per heavy atom. The van der Waals surface area contributed by atoms with Crippen molar-refractivity contribution in [2.24, 2.45) is 11.8 Å². The zero-order chi connectivity index (χ0) is 14.0. The van der Waals surface area contributed by atoms with Crippen LogP contribution in [0.3, 0.4) is 0 Å². The average Bonchev–Trinajstić information content (AvgIpc) is 2.25. The summed E-state index contributed by atoms with van der Waals surface area (Å²) in [5, 5.41) is 10.9. The van der Waals surface area contributed by atoms with E-state index in [0.717, 1.165) is 19.3 Å². The van der Waals surface area contributed by atoms with Crippen molar-refractivity contribution in [2.75, 3.05) is 13.2 Å². The molecule has 0 aliphatic heterocycles. The van der Waals surface area contributed by atoms with E-state index >= 15 is 0 Å². The van der Waals surface area contributed by atoms with Gasteiger partial charge in [0.05, 0.1) is 13.0 Å². The normalized spacial score (nSPS) is 12.2. The molecule has 5 heteroatoms. The third kappa shape index (κ3) is 9.93. The van der Waals surface area contributed by atoms with Gasteiger partial charge in [0, 0.05) is 6.54 Å². The van der Waals surface area contributed by atoms with E-state index < -0.39 is 6.09 Å². The number of esters is 1. The first-order valence-electron chi connectivity index (χ1n) is 6.58. The molecular weight excluding hydrogens is 234 g/mol. The number of unbranched alkanes of at least 4 members (excludes halogenated alkanes) is 1. The second-order valence-electron chi connectivity index (χ2n) is 4.96. The van der Waals surface area contributed by atoms with E-state index in [2.05, 4.69) is 19.2 Å². The predicted molar refractivity (Wildman–Crippen MR) is 69.5 cm³/mol. The van der Waals surface area contributed by atoms with Crippen molar-refractivity contribution in [2.45, 2.75) is 46.5 Å². The number of amides is 1. The molecule has 2 N–H and O–H groups in total. The van der Waals surface area contributed by atoms with E-state index in [9.17, 15) is 9.59 Å². The summed E-state index contributed by atoms with van der Waals surface area (Å²) < 4.78 is 5.09. The summed E-state index contributed by atoms with van der Waals surface area (Å²) in [6.45, 7) is 6.89. The molecule has 1 amide bonds. The molecule has 0 fully saturated rings. The first kappa shape index (κ1) is 16.7. The van der Waals surface area contributed by atoms with E-state index in [1.807, 2.05) is 6.92 Å². The summed E-state index contributed by atoms with van der Waals surface area (Å²) in [5.41, 5.74) is 0. The van der Waals surface area contributed by atoms with Gasteiger partial charge in [0.1, 0.15) is 0 Å². The van der Waals surface area contributed by atoms with Gasteiger partial charge in [-0.25, -0.2) is 4.79 Å². The van der Waals surface area contributed by atoms with Crippen molar-refractivity contribution >= 4 is 12.1 Å². The number of hydrogen-bond donors (Lipinski definition) is 2. The van der Waals surface area contributed by atoms with Gasteiger partial charge in [0.2, 0.25) is 0 Å². The van der Waals surface area contributed by atoms with Gasteiger partial charge in [-0.05, 0) is 24.7 Å². The summed E-state index contributed by atoms with van der Waals surface area (Å²) in [7, 11) is 0. The second kappa shape index (κ2) is 9.74. The molecule has 0 spiro atoms. The van der Waals surface area contributed by atoms with E-state index in [1.165, 1.54) is 0 Å². The van der Waals surface area contributed by atoms with Gasteiger partial charge in [-0.15, -0.1) is 0 Å². The zero-order valence-electron chi connectivity index (χ0n) is 11.6. The Morgan fingerprint density at radius 1 is 1.33 bits per heavy atom. The lowest BCUT2D eigenvalue weighted by atomic mass is 9.94. The smallest absolute Gasteiger partial charge is 0.404 e. The largest absolute Gasteiger partial charge is 0.466 e. The fourth-order valence-electron chi connectivity index (χ4n) is 1.76. The summed E-state index contributed by atoms with van der Waals surface area (Å²) in [6.07, 6.45) is 1.89. The van der Waals surface area contributed by atoms with Crippen LogP contribution in [-0.4, -0.2) is 30.3 Å². The van der Waals surface area contributed by atoms with Crippen LogP contribution >= 0.6 is 0 Å². The molecule has 0 rings (SSSR count). The predicted octanol–water partition coefficient (Wildman–Crippen LogP) is 2.65. The van der Waals surface area contributed by atoms with Crippen LogP contribution in [0.25, 0.3) is 0 Å². The Balaban J connectivity index is 4.04. The van der Waals surface area contributed by atoms with E-state index in [0.29, 0.717) is 19.1 Å². The lowest BCUT2D eigenvalue weighted by molar-refractivity contribution is -0.145. The monoisotopic (exact) mass is 259 g/mol. The molecule has 0 radical (unpaired) electrons. The van der Waals surface area contributed by atoms with Crippen LogP contribution in [0, 0.1) is 11.8 Å². The number of carbonyl (C=O) groups is 2. The molecule has 0 aliphatic carbocycles. The Hall–Kier alpha value is -1.26. The minimum absolute atomic E-state index is 0.00947. The van der Waals surface area contributed by atoms with Gasteiger partial charge in [-0.1, -0.05) is 27.2 Å². The molecule has 0 aromatic heterocycles. The first-order chi connectivity index (χ1) is 8.45. The number of carbonyl (C=O) groups excluding carboxylic acids is 1. The van der Waals surface area contributed by atoms with E-state index in [4.69, 9.17) is 9.84 Å². The highest BCUT2D eigenvalue weighted by molar-refractivity contribution is 5.70. The van der Waals surface area contributed by atoms with Gasteiger partial charge in [-0.2, -0.15) is 0 Å². The third-order valence-corrected chi connectivity index (χ3v) is 2.56. The van der Waals surface area contributed by atoms with E-state index in [1.54, 1.807) is 0 Å². The molecule has 0 bridgehead atoms. The van der Waals surface area contributed by atoms with Crippen LogP contribution in [-0.2, 0) is 9.53 Å². The van der Waals surface area contributed by atoms with Crippen LogP contribution in [0.2, 0.25) is 0 Å². The SMILES string of the molecule is CCCCOC(=O)C[C@@H](CNC(=O)O)CC(C)C.